The Balaban J connectivity index is 1.64. The summed E-state index contributed by atoms with van der Waals surface area (Å²) in [4.78, 5) is 18.2. The van der Waals surface area contributed by atoms with Gasteiger partial charge in [-0.2, -0.15) is 0 Å². The van der Waals surface area contributed by atoms with Gasteiger partial charge >= 0.3 is 7.12 Å². The number of amides is 1. The van der Waals surface area contributed by atoms with Gasteiger partial charge in [-0.05, 0) is 63.8 Å². The maximum atomic E-state index is 15.2. The lowest BCUT2D eigenvalue weighted by molar-refractivity contribution is 0.00578. The molecule has 4 rings (SSSR count). The second-order valence-corrected chi connectivity index (χ2v) is 9.00. The van der Waals surface area contributed by atoms with Gasteiger partial charge in [0.25, 0.3) is 5.91 Å². The SMILES string of the molecule is [B]C1([B])c2ncccc2C(=O)N1Cc1c(C)cc(B2OC(C)(C)C(C)(C)O2)cc1F. The topological polar surface area (TPSA) is 51.7 Å². The number of hydrogen-bond acceptors (Lipinski definition) is 4. The van der Waals surface area contributed by atoms with Gasteiger partial charge in [-0.15, -0.1) is 0 Å². The van der Waals surface area contributed by atoms with Crippen LogP contribution in [0.4, 0.5) is 4.39 Å². The zero-order chi connectivity index (χ0) is 22.1. The van der Waals surface area contributed by atoms with Crippen molar-refractivity contribution in [3.8, 4) is 0 Å². The number of rotatable bonds is 3. The molecule has 30 heavy (non-hydrogen) atoms. The van der Waals surface area contributed by atoms with E-state index in [4.69, 9.17) is 25.0 Å². The summed E-state index contributed by atoms with van der Waals surface area (Å²) in [5, 5.41) is -1.61. The molecule has 3 heterocycles. The number of nitrogens with zero attached hydrogens (tertiary/aromatic N) is 2. The van der Waals surface area contributed by atoms with Gasteiger partial charge in [-0.3, -0.25) is 9.78 Å². The van der Waals surface area contributed by atoms with E-state index in [1.54, 1.807) is 25.1 Å². The van der Waals surface area contributed by atoms with Crippen LogP contribution < -0.4 is 5.46 Å². The standard InChI is InChI=1S/C21H22B3FN2O3/c1-12-9-13(24-29-19(2,3)20(4,5)30-24)10-16(25)15(12)11-27-18(28)14-7-6-8-26-17(14)21(27,22)23/h6-10H,11H2,1-5H3. The Morgan fingerprint density at radius 1 is 1.17 bits per heavy atom. The summed E-state index contributed by atoms with van der Waals surface area (Å²) in [6, 6.07) is 6.44. The van der Waals surface area contributed by atoms with E-state index in [-0.39, 0.29) is 18.1 Å². The normalized spacial score (nSPS) is 21.2. The molecule has 1 amide bonds. The summed E-state index contributed by atoms with van der Waals surface area (Å²) >= 11 is 0. The maximum Gasteiger partial charge on any atom is 0.494 e. The minimum atomic E-state index is -1.61. The Morgan fingerprint density at radius 3 is 2.37 bits per heavy atom. The van der Waals surface area contributed by atoms with Crippen LogP contribution in [0.2, 0.25) is 0 Å². The molecule has 0 spiro atoms. The van der Waals surface area contributed by atoms with E-state index >= 15 is 4.39 Å². The molecule has 0 bridgehead atoms. The van der Waals surface area contributed by atoms with Gasteiger partial charge in [0.1, 0.15) is 5.82 Å². The number of pyridine rings is 1. The minimum absolute atomic E-state index is 0.0799. The van der Waals surface area contributed by atoms with Crippen LogP contribution in [0.3, 0.4) is 0 Å². The number of carbonyl (C=O) groups excluding carboxylic acids is 1. The molecule has 0 N–H and O–H groups in total. The highest BCUT2D eigenvalue weighted by Crippen LogP contribution is 2.37. The molecule has 0 unspecified atom stereocenters. The summed E-state index contributed by atoms with van der Waals surface area (Å²) in [5.41, 5.74) is 1.11. The van der Waals surface area contributed by atoms with E-state index in [0.29, 0.717) is 22.2 Å². The van der Waals surface area contributed by atoms with Crippen molar-refractivity contribution in [2.75, 3.05) is 0 Å². The summed E-state index contributed by atoms with van der Waals surface area (Å²) in [6.45, 7) is 9.46. The lowest BCUT2D eigenvalue weighted by Gasteiger charge is -2.33. The Bertz CT molecular complexity index is 1000. The molecule has 0 aliphatic carbocycles. The molecule has 4 radical (unpaired) electrons. The van der Waals surface area contributed by atoms with Crippen molar-refractivity contribution < 1.29 is 18.5 Å². The smallest absolute Gasteiger partial charge is 0.399 e. The van der Waals surface area contributed by atoms with E-state index in [0.717, 1.165) is 0 Å². The number of aryl methyl sites for hydroxylation is 1. The van der Waals surface area contributed by atoms with Gasteiger partial charge < -0.3 is 14.2 Å². The average Bonchev–Trinajstić information content (AvgIpc) is 2.98. The van der Waals surface area contributed by atoms with Gasteiger partial charge in [0.2, 0.25) is 0 Å². The van der Waals surface area contributed by atoms with Crippen LogP contribution in [0.5, 0.6) is 0 Å². The third kappa shape index (κ3) is 3.10. The van der Waals surface area contributed by atoms with Crippen LogP contribution in [-0.2, 0) is 21.2 Å². The monoisotopic (exact) mass is 402 g/mol. The molecule has 9 heteroatoms. The predicted molar refractivity (Wildman–Crippen MR) is 114 cm³/mol. The van der Waals surface area contributed by atoms with E-state index in [2.05, 4.69) is 4.98 Å². The third-order valence-electron chi connectivity index (χ3n) is 6.39. The van der Waals surface area contributed by atoms with Crippen LogP contribution in [0.15, 0.2) is 30.5 Å². The Labute approximate surface area is 179 Å². The summed E-state index contributed by atoms with van der Waals surface area (Å²) in [5.74, 6) is -0.857. The molecular weight excluding hydrogens is 380 g/mol. The van der Waals surface area contributed by atoms with Crippen LogP contribution in [0.25, 0.3) is 0 Å². The van der Waals surface area contributed by atoms with Crippen molar-refractivity contribution in [2.45, 2.75) is 57.7 Å². The molecule has 2 aliphatic rings. The predicted octanol–water partition coefficient (Wildman–Crippen LogP) is 1.93. The van der Waals surface area contributed by atoms with Gasteiger partial charge in [-0.1, -0.05) is 6.07 Å². The third-order valence-corrected chi connectivity index (χ3v) is 6.39. The van der Waals surface area contributed by atoms with Gasteiger partial charge in [0.05, 0.1) is 38.2 Å². The second-order valence-electron chi connectivity index (χ2n) is 9.00. The number of carbonyl (C=O) groups is 1. The molecule has 150 valence electrons. The number of benzene rings is 1. The lowest BCUT2D eigenvalue weighted by Crippen LogP contribution is -2.45. The quantitative estimate of drug-likeness (QED) is 0.737. The Morgan fingerprint density at radius 2 is 1.80 bits per heavy atom. The number of halogens is 1. The van der Waals surface area contributed by atoms with Crippen molar-refractivity contribution in [3.63, 3.8) is 0 Å². The summed E-state index contributed by atoms with van der Waals surface area (Å²) in [6.07, 6.45) is 1.52. The van der Waals surface area contributed by atoms with E-state index in [1.807, 2.05) is 27.7 Å². The van der Waals surface area contributed by atoms with Crippen LogP contribution in [0.1, 0.15) is 54.9 Å². The van der Waals surface area contributed by atoms with E-state index < -0.39 is 29.5 Å². The van der Waals surface area contributed by atoms with Crippen molar-refractivity contribution in [1.29, 1.82) is 0 Å². The molecule has 1 aromatic carbocycles. The Kier molecular flexibility index (Phi) is 4.71. The molecule has 1 saturated heterocycles. The van der Waals surface area contributed by atoms with Crippen molar-refractivity contribution in [2.24, 2.45) is 0 Å². The lowest BCUT2D eigenvalue weighted by atomic mass is 9.59. The van der Waals surface area contributed by atoms with Gasteiger partial charge in [-0.25, -0.2) is 4.39 Å². The zero-order valence-electron chi connectivity index (χ0n) is 17.8. The highest BCUT2D eigenvalue weighted by atomic mass is 19.1. The van der Waals surface area contributed by atoms with Crippen LogP contribution in [0, 0.1) is 12.7 Å². The fourth-order valence-corrected chi connectivity index (χ4v) is 3.82. The first-order valence-electron chi connectivity index (χ1n) is 9.85. The first-order valence-corrected chi connectivity index (χ1v) is 9.85. The van der Waals surface area contributed by atoms with Crippen molar-refractivity contribution >= 4 is 34.2 Å². The molecule has 1 fully saturated rings. The van der Waals surface area contributed by atoms with Crippen molar-refractivity contribution in [3.05, 3.63) is 58.7 Å². The highest BCUT2D eigenvalue weighted by Gasteiger charge is 2.52. The van der Waals surface area contributed by atoms with E-state index in [1.165, 1.54) is 17.2 Å². The zero-order valence-corrected chi connectivity index (χ0v) is 17.8. The molecule has 2 aliphatic heterocycles. The number of fused-ring (bicyclic) bond motifs is 1. The average molecular weight is 402 g/mol. The fraction of sp³-hybridized carbons (Fsp3) is 0.429. The van der Waals surface area contributed by atoms with Gasteiger partial charge in [0, 0.05) is 23.6 Å². The molecular formula is C21H22B3FN2O3. The fourth-order valence-electron chi connectivity index (χ4n) is 3.82. The summed E-state index contributed by atoms with van der Waals surface area (Å²) in [7, 11) is 11.8. The van der Waals surface area contributed by atoms with Crippen LogP contribution >= 0.6 is 0 Å². The molecule has 0 atom stereocenters. The maximum absolute atomic E-state index is 15.2. The van der Waals surface area contributed by atoms with Gasteiger partial charge in [0.15, 0.2) is 0 Å². The Hall–Kier alpha value is -2.12. The van der Waals surface area contributed by atoms with E-state index in [9.17, 15) is 4.79 Å². The number of hydrogen-bond donors (Lipinski definition) is 0. The van der Waals surface area contributed by atoms with Crippen LogP contribution in [-0.4, -0.2) is 49.8 Å². The summed E-state index contributed by atoms with van der Waals surface area (Å²) < 4.78 is 27.2. The largest absolute Gasteiger partial charge is 0.494 e. The highest BCUT2D eigenvalue weighted by molar-refractivity contribution is 6.62. The second kappa shape index (κ2) is 6.69. The molecule has 2 aromatic rings. The molecule has 5 nitrogen and oxygen atoms in total. The molecule has 0 saturated carbocycles. The first kappa shape index (κ1) is 21.1. The minimum Gasteiger partial charge on any atom is -0.399 e. The van der Waals surface area contributed by atoms with Crippen molar-refractivity contribution in [1.82, 2.24) is 9.88 Å². The number of aromatic nitrogens is 1. The first-order chi connectivity index (χ1) is 13.8. The molecule has 1 aromatic heterocycles.